The SMILES string of the molecule is C/C=N\N(C)c1cc2c(NCc3ccc(OC)c(Cl)c3)nnc(-n3cnc(C=O)c3)c2cn1. The Morgan fingerprint density at radius 2 is 2.09 bits per heavy atom. The minimum atomic E-state index is 0.296. The number of hydrazone groups is 1. The lowest BCUT2D eigenvalue weighted by Gasteiger charge is -2.15. The molecule has 0 bridgehead atoms. The van der Waals surface area contributed by atoms with Gasteiger partial charge in [0.1, 0.15) is 23.6 Å². The maximum absolute atomic E-state index is 11.1. The number of methoxy groups -OCH3 is 1. The van der Waals surface area contributed by atoms with E-state index >= 15 is 0 Å². The first-order chi connectivity index (χ1) is 16.0. The van der Waals surface area contributed by atoms with Crippen LogP contribution in [0.15, 0.2) is 48.1 Å². The number of rotatable bonds is 8. The summed E-state index contributed by atoms with van der Waals surface area (Å²) in [5.74, 6) is 2.31. The summed E-state index contributed by atoms with van der Waals surface area (Å²) in [6.45, 7) is 2.30. The molecule has 0 radical (unpaired) electrons. The summed E-state index contributed by atoms with van der Waals surface area (Å²) in [6, 6.07) is 7.45. The number of hydrogen-bond acceptors (Lipinski definition) is 9. The highest BCUT2D eigenvalue weighted by Crippen LogP contribution is 2.29. The number of hydrogen-bond donors (Lipinski definition) is 1. The summed E-state index contributed by atoms with van der Waals surface area (Å²) in [7, 11) is 3.38. The molecule has 0 saturated carbocycles. The number of benzene rings is 1. The lowest BCUT2D eigenvalue weighted by molar-refractivity contribution is 0.111. The van der Waals surface area contributed by atoms with E-state index in [4.69, 9.17) is 16.3 Å². The van der Waals surface area contributed by atoms with Gasteiger partial charge in [-0.25, -0.2) is 9.97 Å². The Kier molecular flexibility index (Phi) is 6.45. The third kappa shape index (κ3) is 4.60. The third-order valence-corrected chi connectivity index (χ3v) is 5.19. The molecule has 4 aromatic rings. The van der Waals surface area contributed by atoms with Crippen molar-refractivity contribution in [1.82, 2.24) is 24.7 Å². The van der Waals surface area contributed by atoms with Gasteiger partial charge in [0.25, 0.3) is 0 Å². The lowest BCUT2D eigenvalue weighted by Crippen LogP contribution is -2.11. The normalized spacial score (nSPS) is 11.2. The van der Waals surface area contributed by atoms with Crippen LogP contribution in [0.3, 0.4) is 0 Å². The van der Waals surface area contributed by atoms with E-state index < -0.39 is 0 Å². The van der Waals surface area contributed by atoms with Crippen LogP contribution in [0.1, 0.15) is 23.0 Å². The number of nitrogens with zero attached hydrogens (tertiary/aromatic N) is 7. The minimum Gasteiger partial charge on any atom is -0.495 e. The van der Waals surface area contributed by atoms with Gasteiger partial charge in [-0.2, -0.15) is 5.10 Å². The Morgan fingerprint density at radius 3 is 2.79 bits per heavy atom. The number of carbonyl (C=O) groups excluding carboxylic acids is 1. The molecule has 1 N–H and O–H groups in total. The van der Waals surface area contributed by atoms with Crippen LogP contribution in [0, 0.1) is 0 Å². The van der Waals surface area contributed by atoms with Gasteiger partial charge in [0.2, 0.25) is 0 Å². The molecule has 0 amide bonds. The van der Waals surface area contributed by atoms with Gasteiger partial charge in [-0.3, -0.25) is 14.4 Å². The Labute approximate surface area is 194 Å². The summed E-state index contributed by atoms with van der Waals surface area (Å²) in [5.41, 5.74) is 1.25. The molecular weight excluding hydrogens is 444 g/mol. The zero-order valence-corrected chi connectivity index (χ0v) is 19.0. The van der Waals surface area contributed by atoms with Gasteiger partial charge in [0, 0.05) is 43.0 Å². The summed E-state index contributed by atoms with van der Waals surface area (Å²) in [6.07, 6.45) is 7.16. The van der Waals surface area contributed by atoms with Gasteiger partial charge < -0.3 is 10.1 Å². The topological polar surface area (TPSA) is 110 Å². The fraction of sp³-hybridized carbons (Fsp3) is 0.182. The van der Waals surface area contributed by atoms with Gasteiger partial charge in [0.15, 0.2) is 17.9 Å². The molecule has 11 heteroatoms. The maximum Gasteiger partial charge on any atom is 0.170 e. The Hall–Kier alpha value is -4.05. The van der Waals surface area contributed by atoms with E-state index in [-0.39, 0.29) is 0 Å². The Morgan fingerprint density at radius 1 is 1.24 bits per heavy atom. The second-order valence-corrected chi connectivity index (χ2v) is 7.41. The number of fused-ring (bicyclic) bond motifs is 1. The van der Waals surface area contributed by atoms with Gasteiger partial charge in [0.05, 0.1) is 12.1 Å². The third-order valence-electron chi connectivity index (χ3n) is 4.89. The monoisotopic (exact) mass is 464 g/mol. The summed E-state index contributed by atoms with van der Waals surface area (Å²) in [5, 5.41) is 20.0. The zero-order valence-electron chi connectivity index (χ0n) is 18.2. The molecular formula is C22H21ClN8O2. The van der Waals surface area contributed by atoms with Crippen LogP contribution in [0.25, 0.3) is 16.6 Å². The van der Waals surface area contributed by atoms with Crippen LogP contribution < -0.4 is 15.1 Å². The van der Waals surface area contributed by atoms with Crippen molar-refractivity contribution in [3.05, 3.63) is 59.3 Å². The number of halogens is 1. The van der Waals surface area contributed by atoms with Crippen molar-refractivity contribution in [3.8, 4) is 11.6 Å². The van der Waals surface area contributed by atoms with Crippen LogP contribution >= 0.6 is 11.6 Å². The molecule has 33 heavy (non-hydrogen) atoms. The van der Waals surface area contributed by atoms with Crippen molar-refractivity contribution in [2.45, 2.75) is 13.5 Å². The average molecular weight is 465 g/mol. The second kappa shape index (κ2) is 9.61. The van der Waals surface area contributed by atoms with E-state index in [0.29, 0.717) is 46.8 Å². The smallest absolute Gasteiger partial charge is 0.170 e. The van der Waals surface area contributed by atoms with Crippen molar-refractivity contribution in [2.24, 2.45) is 5.10 Å². The van der Waals surface area contributed by atoms with E-state index in [2.05, 4.69) is 30.6 Å². The molecule has 3 aromatic heterocycles. The quantitative estimate of drug-likeness (QED) is 0.238. The summed E-state index contributed by atoms with van der Waals surface area (Å²) >= 11 is 6.25. The largest absolute Gasteiger partial charge is 0.495 e. The number of anilines is 2. The van der Waals surface area contributed by atoms with Gasteiger partial charge >= 0.3 is 0 Å². The van der Waals surface area contributed by atoms with Gasteiger partial charge in [-0.05, 0) is 30.7 Å². The molecule has 1 aromatic carbocycles. The van der Waals surface area contributed by atoms with Crippen LogP contribution in [0.4, 0.5) is 11.6 Å². The lowest BCUT2D eigenvalue weighted by atomic mass is 10.2. The standard InChI is InChI=1S/C22H21ClN8O2/c1-4-27-30(2)20-8-16-17(10-24-20)22(31-11-15(12-32)26-13-31)29-28-21(16)25-9-14-5-6-19(33-3)18(23)7-14/h4-8,10-13H,9H2,1-3H3,(H,25,28)/b27-4-. The molecule has 168 valence electrons. The van der Waals surface area contributed by atoms with Crippen LogP contribution in [-0.4, -0.2) is 51.4 Å². The van der Waals surface area contributed by atoms with Crippen LogP contribution in [-0.2, 0) is 6.54 Å². The average Bonchev–Trinajstić information content (AvgIpc) is 3.31. The van der Waals surface area contributed by atoms with Crippen molar-refractivity contribution >= 4 is 46.5 Å². The molecule has 0 aliphatic rings. The highest BCUT2D eigenvalue weighted by Gasteiger charge is 2.15. The van der Waals surface area contributed by atoms with E-state index in [1.165, 1.54) is 6.33 Å². The number of aldehydes is 1. The first-order valence-electron chi connectivity index (χ1n) is 9.98. The molecule has 0 aliphatic heterocycles. The number of imidazole rings is 1. The van der Waals surface area contributed by atoms with Gasteiger partial charge in [-0.15, -0.1) is 10.2 Å². The van der Waals surface area contributed by atoms with E-state index in [1.807, 2.05) is 38.2 Å². The Bertz CT molecular complexity index is 1340. The zero-order chi connectivity index (χ0) is 23.4. The van der Waals surface area contributed by atoms with Crippen LogP contribution in [0.2, 0.25) is 5.02 Å². The van der Waals surface area contributed by atoms with Gasteiger partial charge in [-0.1, -0.05) is 17.7 Å². The van der Waals surface area contributed by atoms with Crippen molar-refractivity contribution < 1.29 is 9.53 Å². The van der Waals surface area contributed by atoms with Crippen LogP contribution in [0.5, 0.6) is 5.75 Å². The Balaban J connectivity index is 1.75. The number of nitrogens with one attached hydrogen (secondary N) is 1. The van der Waals surface area contributed by atoms with E-state index in [9.17, 15) is 4.79 Å². The number of ether oxygens (including phenoxy) is 1. The fourth-order valence-corrected chi connectivity index (χ4v) is 3.55. The molecule has 0 atom stereocenters. The number of aromatic nitrogens is 5. The summed E-state index contributed by atoms with van der Waals surface area (Å²) in [4.78, 5) is 19.6. The van der Waals surface area contributed by atoms with Crippen molar-refractivity contribution in [3.63, 3.8) is 0 Å². The number of carbonyl (C=O) groups is 1. The van der Waals surface area contributed by atoms with Crippen molar-refractivity contribution in [1.29, 1.82) is 0 Å². The molecule has 10 nitrogen and oxygen atoms in total. The van der Waals surface area contributed by atoms with E-state index in [1.54, 1.807) is 35.3 Å². The molecule has 0 fully saturated rings. The first kappa shape index (κ1) is 22.2. The minimum absolute atomic E-state index is 0.296. The molecule has 0 saturated heterocycles. The highest BCUT2D eigenvalue weighted by molar-refractivity contribution is 6.32. The number of pyridine rings is 1. The first-order valence-corrected chi connectivity index (χ1v) is 10.4. The highest BCUT2D eigenvalue weighted by atomic mass is 35.5. The molecule has 3 heterocycles. The fourth-order valence-electron chi connectivity index (χ4n) is 3.27. The summed E-state index contributed by atoms with van der Waals surface area (Å²) < 4.78 is 6.85. The molecule has 4 rings (SSSR count). The predicted octanol–water partition coefficient (Wildman–Crippen LogP) is 3.74. The van der Waals surface area contributed by atoms with Crippen molar-refractivity contribution in [2.75, 3.05) is 24.5 Å². The maximum atomic E-state index is 11.1. The molecule has 0 unspecified atom stereocenters. The second-order valence-electron chi connectivity index (χ2n) is 7.00. The predicted molar refractivity (Wildman–Crippen MR) is 128 cm³/mol. The van der Waals surface area contributed by atoms with E-state index in [0.717, 1.165) is 16.3 Å². The molecule has 0 aliphatic carbocycles. The molecule has 0 spiro atoms.